The minimum absolute atomic E-state index is 0.0628. The Balaban J connectivity index is 1.63. The molecule has 0 radical (unpaired) electrons. The fourth-order valence-corrected chi connectivity index (χ4v) is 4.54. The minimum atomic E-state index is -1.29. The molecule has 2 aromatic rings. The molecule has 6 nitrogen and oxygen atoms in total. The van der Waals surface area contributed by atoms with Crippen molar-refractivity contribution in [2.75, 3.05) is 18.0 Å². The lowest BCUT2D eigenvalue weighted by Crippen LogP contribution is -2.41. The molecule has 0 bridgehead atoms. The number of nitrogens with zero attached hydrogens (tertiary/aromatic N) is 1. The summed E-state index contributed by atoms with van der Waals surface area (Å²) in [7, 11) is 0. The number of carbonyl (C=O) groups is 2. The fourth-order valence-electron chi connectivity index (χ4n) is 4.54. The first kappa shape index (κ1) is 24.6. The van der Waals surface area contributed by atoms with E-state index in [2.05, 4.69) is 24.1 Å². The number of ether oxygens (including phenoxy) is 1. The van der Waals surface area contributed by atoms with E-state index in [4.69, 9.17) is 4.74 Å². The molecule has 0 spiro atoms. The summed E-state index contributed by atoms with van der Waals surface area (Å²) in [6.45, 7) is 11.5. The van der Waals surface area contributed by atoms with Crippen molar-refractivity contribution in [2.24, 2.45) is 11.8 Å². The first-order valence-electron chi connectivity index (χ1n) is 11.7. The van der Waals surface area contributed by atoms with Crippen LogP contribution in [0.2, 0.25) is 0 Å². The maximum absolute atomic E-state index is 13.1. The Hall–Kier alpha value is -3.02. The van der Waals surface area contributed by atoms with Crippen LogP contribution in [0.15, 0.2) is 48.5 Å². The lowest BCUT2D eigenvalue weighted by atomic mass is 9.91. The third-order valence-corrected chi connectivity index (χ3v) is 6.09. The highest BCUT2D eigenvalue weighted by Gasteiger charge is 2.29. The number of anilines is 1. The first-order chi connectivity index (χ1) is 15.5. The lowest BCUT2D eigenvalue weighted by Gasteiger charge is -2.37. The van der Waals surface area contributed by atoms with Gasteiger partial charge in [0.05, 0.1) is 5.56 Å². The zero-order valence-corrected chi connectivity index (χ0v) is 20.3. The number of hydrogen-bond acceptors (Lipinski definition) is 4. The van der Waals surface area contributed by atoms with Crippen molar-refractivity contribution < 1.29 is 19.4 Å². The highest BCUT2D eigenvalue weighted by atomic mass is 16.5. The predicted octanol–water partition coefficient (Wildman–Crippen LogP) is 4.77. The number of piperidine rings is 1. The third-order valence-electron chi connectivity index (χ3n) is 6.09. The topological polar surface area (TPSA) is 78.9 Å². The molecule has 0 saturated carbocycles. The van der Waals surface area contributed by atoms with Gasteiger partial charge in [-0.15, -0.1) is 0 Å². The Morgan fingerprint density at radius 1 is 1.09 bits per heavy atom. The molecular weight excluding hydrogens is 416 g/mol. The van der Waals surface area contributed by atoms with Crippen LogP contribution in [-0.4, -0.2) is 41.7 Å². The van der Waals surface area contributed by atoms with Crippen molar-refractivity contribution in [2.45, 2.75) is 59.1 Å². The van der Waals surface area contributed by atoms with Gasteiger partial charge in [0.1, 0.15) is 5.75 Å². The Morgan fingerprint density at radius 3 is 2.30 bits per heavy atom. The molecule has 3 atom stereocenters. The Labute approximate surface area is 196 Å². The maximum atomic E-state index is 13.1. The van der Waals surface area contributed by atoms with E-state index < -0.39 is 11.6 Å². The van der Waals surface area contributed by atoms with Crippen LogP contribution in [0.1, 0.15) is 57.0 Å². The molecule has 33 heavy (non-hydrogen) atoms. The van der Waals surface area contributed by atoms with Gasteiger partial charge in [-0.3, -0.25) is 4.79 Å². The van der Waals surface area contributed by atoms with Gasteiger partial charge in [0.15, 0.2) is 5.60 Å². The fraction of sp³-hybridized carbons (Fsp3) is 0.481. The summed E-state index contributed by atoms with van der Waals surface area (Å²) in [5.41, 5.74) is 1.46. The molecule has 6 heteroatoms. The van der Waals surface area contributed by atoms with Crippen LogP contribution in [0.4, 0.5) is 5.69 Å². The highest BCUT2D eigenvalue weighted by Crippen LogP contribution is 2.29. The Morgan fingerprint density at radius 2 is 1.70 bits per heavy atom. The third kappa shape index (κ3) is 6.50. The second-order valence-corrected chi connectivity index (χ2v) is 10.0. The van der Waals surface area contributed by atoms with E-state index in [0.29, 0.717) is 29.6 Å². The number of hydrogen-bond donors (Lipinski definition) is 2. The van der Waals surface area contributed by atoms with Crippen LogP contribution >= 0.6 is 0 Å². The van der Waals surface area contributed by atoms with Gasteiger partial charge in [-0.25, -0.2) is 4.79 Å². The zero-order valence-electron chi connectivity index (χ0n) is 20.3. The SMILES string of the molecule is CC(Cc1ccc(OC(C)(C)C(=O)O)cc1)NC(=O)c1ccccc1N1C[C@H](C)C[C@H](C)C1. The number of rotatable bonds is 8. The molecule has 1 aliphatic heterocycles. The molecule has 1 amide bonds. The number of carboxylic acid groups (broad SMARTS) is 1. The number of amides is 1. The zero-order chi connectivity index (χ0) is 24.2. The van der Waals surface area contributed by atoms with Gasteiger partial charge in [-0.1, -0.05) is 38.1 Å². The molecule has 1 unspecified atom stereocenters. The van der Waals surface area contributed by atoms with E-state index in [1.54, 1.807) is 12.1 Å². The molecule has 3 rings (SSSR count). The van der Waals surface area contributed by atoms with Crippen LogP contribution in [0.3, 0.4) is 0 Å². The standard InChI is InChI=1S/C27H36N2O4/c1-18-14-19(2)17-29(16-18)24-9-7-6-8-23(24)25(30)28-20(3)15-21-10-12-22(13-11-21)33-27(4,5)26(31)32/h6-13,18-20H,14-17H2,1-5H3,(H,28,30)(H,31,32)/t18-,19+,20?. The van der Waals surface area contributed by atoms with Gasteiger partial charge in [0, 0.05) is 24.8 Å². The second-order valence-electron chi connectivity index (χ2n) is 10.0. The van der Waals surface area contributed by atoms with E-state index in [9.17, 15) is 14.7 Å². The average Bonchev–Trinajstić information content (AvgIpc) is 2.74. The molecule has 0 aromatic heterocycles. The quantitative estimate of drug-likeness (QED) is 0.603. The molecule has 178 valence electrons. The Bertz CT molecular complexity index is 960. The van der Waals surface area contributed by atoms with E-state index >= 15 is 0 Å². The largest absolute Gasteiger partial charge is 0.478 e. The van der Waals surface area contributed by atoms with Gasteiger partial charge >= 0.3 is 5.97 Å². The van der Waals surface area contributed by atoms with Gasteiger partial charge in [0.25, 0.3) is 5.91 Å². The smallest absolute Gasteiger partial charge is 0.347 e. The normalized spacial score (nSPS) is 19.6. The minimum Gasteiger partial charge on any atom is -0.478 e. The van der Waals surface area contributed by atoms with Crippen LogP contribution in [0, 0.1) is 11.8 Å². The summed E-state index contributed by atoms with van der Waals surface area (Å²) in [6, 6.07) is 15.1. The maximum Gasteiger partial charge on any atom is 0.347 e. The number of nitrogens with one attached hydrogen (secondary N) is 1. The van der Waals surface area contributed by atoms with Gasteiger partial charge in [-0.2, -0.15) is 0 Å². The molecule has 0 aliphatic carbocycles. The average molecular weight is 453 g/mol. The van der Waals surface area contributed by atoms with Crippen LogP contribution in [-0.2, 0) is 11.2 Å². The molecule has 2 N–H and O–H groups in total. The lowest BCUT2D eigenvalue weighted by molar-refractivity contribution is -0.152. The molecular formula is C27H36N2O4. The van der Waals surface area contributed by atoms with E-state index in [1.807, 2.05) is 43.3 Å². The molecule has 1 fully saturated rings. The van der Waals surface area contributed by atoms with Crippen LogP contribution in [0.5, 0.6) is 5.75 Å². The number of para-hydroxylation sites is 1. The summed E-state index contributed by atoms with van der Waals surface area (Å²) in [5, 5.41) is 12.4. The van der Waals surface area contributed by atoms with Crippen molar-refractivity contribution in [3.63, 3.8) is 0 Å². The van der Waals surface area contributed by atoms with Gasteiger partial charge in [-0.05, 0) is 75.3 Å². The van der Waals surface area contributed by atoms with E-state index in [0.717, 1.165) is 24.3 Å². The summed E-state index contributed by atoms with van der Waals surface area (Å²) in [4.78, 5) is 26.7. The van der Waals surface area contributed by atoms with Crippen LogP contribution in [0.25, 0.3) is 0 Å². The Kier molecular flexibility index (Phi) is 7.67. The number of carbonyl (C=O) groups excluding carboxylic acids is 1. The highest BCUT2D eigenvalue weighted by molar-refractivity contribution is 6.00. The van der Waals surface area contributed by atoms with E-state index in [-0.39, 0.29) is 11.9 Å². The molecule has 1 aliphatic rings. The predicted molar refractivity (Wildman–Crippen MR) is 131 cm³/mol. The van der Waals surface area contributed by atoms with Crippen molar-refractivity contribution in [1.82, 2.24) is 5.32 Å². The summed E-state index contributed by atoms with van der Waals surface area (Å²) in [5.74, 6) is 0.638. The summed E-state index contributed by atoms with van der Waals surface area (Å²) >= 11 is 0. The van der Waals surface area contributed by atoms with Crippen molar-refractivity contribution in [1.29, 1.82) is 0 Å². The summed E-state index contributed by atoms with van der Waals surface area (Å²) in [6.07, 6.45) is 1.88. The number of benzene rings is 2. The van der Waals surface area contributed by atoms with Gasteiger partial charge < -0.3 is 20.1 Å². The second kappa shape index (κ2) is 10.3. The molecule has 1 heterocycles. The van der Waals surface area contributed by atoms with Crippen molar-refractivity contribution in [3.05, 3.63) is 59.7 Å². The molecule has 1 saturated heterocycles. The van der Waals surface area contributed by atoms with Crippen molar-refractivity contribution >= 4 is 17.6 Å². The van der Waals surface area contributed by atoms with Gasteiger partial charge in [0.2, 0.25) is 0 Å². The monoisotopic (exact) mass is 452 g/mol. The van der Waals surface area contributed by atoms with Crippen LogP contribution < -0.4 is 15.0 Å². The van der Waals surface area contributed by atoms with E-state index in [1.165, 1.54) is 20.3 Å². The number of aliphatic carboxylic acids is 1. The van der Waals surface area contributed by atoms with Crippen molar-refractivity contribution in [3.8, 4) is 5.75 Å². The first-order valence-corrected chi connectivity index (χ1v) is 11.7. The number of carboxylic acids is 1. The molecule has 2 aromatic carbocycles. The summed E-state index contributed by atoms with van der Waals surface area (Å²) < 4.78 is 5.56.